The minimum Gasteiger partial charge on any atom is -0.462 e. The lowest BCUT2D eigenvalue weighted by Crippen LogP contribution is -2.58. The number of carbonyl (C=O) groups is 3. The number of pyridine rings is 1. The number of ether oxygens (including phenoxy) is 2. The monoisotopic (exact) mass is 1220 g/mol. The molecule has 13 rings (SSSR count). The number of piperidine rings is 1. The number of thiazole rings is 1. The SMILES string of the molecule is Cc1cc2[nH]ncc2c(-c2nccc3c2sc2nc(OC[C@]4(CN5CCC6(CC5)CC(OCC(=O)N[C@@H](C(=O)N5C[C@@H](O)C[C@@H]5C(=O)NCc5ccc(-c7scnc7C)cc5)C(C)(C)C)C6)CC4(F)F)nc(N4CC5CCC(C4)N5)c23)c1C(F)(F)F. The van der Waals surface area contributed by atoms with Crippen molar-refractivity contribution in [2.75, 3.05) is 57.4 Å². The number of H-pyrrole nitrogens is 1. The summed E-state index contributed by atoms with van der Waals surface area (Å²) in [6.07, 6.45) is 1.64. The zero-order valence-electron chi connectivity index (χ0n) is 48.5. The lowest BCUT2D eigenvalue weighted by atomic mass is 9.61. The highest BCUT2D eigenvalue weighted by atomic mass is 32.1. The molecule has 6 fully saturated rings. The maximum atomic E-state index is 15.7. The Morgan fingerprint density at radius 2 is 1.70 bits per heavy atom. The topological polar surface area (TPSA) is 216 Å². The molecule has 6 aliphatic rings. The summed E-state index contributed by atoms with van der Waals surface area (Å²) in [5.41, 5.74) is 2.05. The maximum absolute atomic E-state index is 15.7. The summed E-state index contributed by atoms with van der Waals surface area (Å²) in [6, 6.07) is 9.41. The molecule has 1 spiro atoms. The molecule has 5 aromatic heterocycles. The van der Waals surface area contributed by atoms with E-state index >= 15 is 8.78 Å². The number of amides is 3. The average Bonchev–Trinajstić information content (AvgIpc) is 1.59. The van der Waals surface area contributed by atoms with Crippen LogP contribution in [0.5, 0.6) is 6.01 Å². The van der Waals surface area contributed by atoms with Crippen LogP contribution in [0.3, 0.4) is 0 Å². The molecular weight excluding hydrogens is 1160 g/mol. The van der Waals surface area contributed by atoms with E-state index in [0.717, 1.165) is 47.4 Å². The molecule has 4 aliphatic heterocycles. The van der Waals surface area contributed by atoms with Crippen LogP contribution in [0.2, 0.25) is 0 Å². The number of hydrogen-bond donors (Lipinski definition) is 5. The minimum atomic E-state index is -4.70. The van der Waals surface area contributed by atoms with Crippen LogP contribution in [-0.4, -0.2) is 158 Å². The Hall–Kier alpha value is -6.51. The first-order valence-electron chi connectivity index (χ1n) is 29.5. The number of aromatic nitrogens is 6. The van der Waals surface area contributed by atoms with Gasteiger partial charge in [0.2, 0.25) is 17.7 Å². The van der Waals surface area contributed by atoms with Crippen LogP contribution in [0.15, 0.2) is 54.3 Å². The van der Waals surface area contributed by atoms with Gasteiger partial charge >= 0.3 is 12.2 Å². The molecule has 2 aliphatic carbocycles. The van der Waals surface area contributed by atoms with E-state index in [1.165, 1.54) is 41.6 Å². The van der Waals surface area contributed by atoms with E-state index in [1.807, 2.05) is 52.0 Å². The number of aliphatic hydroxyl groups is 1. The second-order valence-electron chi connectivity index (χ2n) is 26.0. The smallest absolute Gasteiger partial charge is 0.417 e. The van der Waals surface area contributed by atoms with Gasteiger partial charge in [-0.15, -0.1) is 22.7 Å². The maximum Gasteiger partial charge on any atom is 0.417 e. The van der Waals surface area contributed by atoms with Gasteiger partial charge in [-0.05, 0) is 105 Å². The lowest BCUT2D eigenvalue weighted by Gasteiger charge is -2.52. The van der Waals surface area contributed by atoms with Crippen molar-refractivity contribution >= 4 is 77.4 Å². The quantitative estimate of drug-likeness (QED) is 0.0571. The van der Waals surface area contributed by atoms with E-state index in [4.69, 9.17) is 19.4 Å². The number of hydrogen-bond acceptors (Lipinski definition) is 16. The van der Waals surface area contributed by atoms with Gasteiger partial charge in [0.25, 0.3) is 5.92 Å². The van der Waals surface area contributed by atoms with E-state index in [9.17, 15) is 32.7 Å². The third-order valence-corrected chi connectivity index (χ3v) is 20.9. The van der Waals surface area contributed by atoms with Gasteiger partial charge in [-0.2, -0.15) is 28.2 Å². The highest BCUT2D eigenvalue weighted by molar-refractivity contribution is 7.26. The van der Waals surface area contributed by atoms with Crippen LogP contribution >= 0.6 is 22.7 Å². The first kappa shape index (κ1) is 58.5. The molecule has 2 aromatic carbocycles. The molecule has 18 nitrogen and oxygen atoms in total. The van der Waals surface area contributed by atoms with Gasteiger partial charge in [0.05, 0.1) is 66.8 Å². The number of benzene rings is 2. The fraction of sp³-hybridized carbons (Fsp3) is 0.541. The van der Waals surface area contributed by atoms with Gasteiger partial charge in [-0.25, -0.2) is 13.8 Å². The predicted molar refractivity (Wildman–Crippen MR) is 316 cm³/mol. The Kier molecular flexibility index (Phi) is 14.9. The number of fused-ring (bicyclic) bond motifs is 6. The lowest BCUT2D eigenvalue weighted by molar-refractivity contribution is -0.148. The van der Waals surface area contributed by atoms with Gasteiger partial charge in [0.15, 0.2) is 0 Å². The highest BCUT2D eigenvalue weighted by Gasteiger charge is 2.72. The molecule has 7 aromatic rings. The number of β-amino-alcohol motifs (C(OH)–C–C–N with tert-alkyl or cyclic N) is 1. The number of rotatable bonds is 16. The third-order valence-electron chi connectivity index (χ3n) is 18.8. The molecular formula is C61H69F5N12O6S2. The molecule has 5 N–H and O–H groups in total. The summed E-state index contributed by atoms with van der Waals surface area (Å²) < 4.78 is 89.3. The fourth-order valence-electron chi connectivity index (χ4n) is 14.0. The summed E-state index contributed by atoms with van der Waals surface area (Å²) >= 11 is 2.73. The van der Waals surface area contributed by atoms with Crippen molar-refractivity contribution in [2.45, 2.75) is 141 Å². The zero-order valence-corrected chi connectivity index (χ0v) is 50.1. The first-order valence-corrected chi connectivity index (χ1v) is 31.2. The molecule has 25 heteroatoms. The molecule has 9 heterocycles. The Balaban J connectivity index is 0.630. The Labute approximate surface area is 501 Å². The normalized spacial score (nSPS) is 24.2. The van der Waals surface area contributed by atoms with Crippen molar-refractivity contribution in [3.05, 3.63) is 76.7 Å². The number of anilines is 1. The van der Waals surface area contributed by atoms with Crippen molar-refractivity contribution in [1.82, 2.24) is 55.9 Å². The van der Waals surface area contributed by atoms with Crippen molar-refractivity contribution in [3.8, 4) is 27.7 Å². The molecule has 86 heavy (non-hydrogen) atoms. The molecule has 0 radical (unpaired) electrons. The van der Waals surface area contributed by atoms with Gasteiger partial charge in [-0.1, -0.05) is 45.0 Å². The summed E-state index contributed by atoms with van der Waals surface area (Å²) in [4.78, 5) is 67.2. The van der Waals surface area contributed by atoms with Crippen molar-refractivity contribution in [2.24, 2.45) is 16.2 Å². The highest BCUT2D eigenvalue weighted by Crippen LogP contribution is 2.62. The number of likely N-dealkylation sites (tertiary alicyclic amines) is 2. The van der Waals surface area contributed by atoms with Crippen molar-refractivity contribution < 1.29 is 50.9 Å². The summed E-state index contributed by atoms with van der Waals surface area (Å²) in [7, 11) is 0. The molecule has 456 valence electrons. The number of thiophene rings is 1. The number of carbonyl (C=O) groups excluding carboxylic acids is 3. The van der Waals surface area contributed by atoms with Gasteiger partial charge in [0, 0.05) is 80.2 Å². The van der Waals surface area contributed by atoms with Crippen LogP contribution in [0, 0.1) is 30.1 Å². The van der Waals surface area contributed by atoms with Crippen molar-refractivity contribution in [3.63, 3.8) is 0 Å². The van der Waals surface area contributed by atoms with Crippen LogP contribution in [0.25, 0.3) is 52.9 Å². The number of aliphatic hydroxyl groups excluding tert-OH is 1. The summed E-state index contributed by atoms with van der Waals surface area (Å²) in [5, 5.41) is 28.6. The molecule has 2 bridgehead atoms. The number of aryl methyl sites for hydroxylation is 2. The van der Waals surface area contributed by atoms with Gasteiger partial charge < -0.3 is 45.2 Å². The molecule has 6 atom stereocenters. The number of halogens is 5. The van der Waals surface area contributed by atoms with E-state index < -0.39 is 64.4 Å². The number of piperazine rings is 1. The number of alkyl halides is 5. The Morgan fingerprint density at radius 3 is 2.37 bits per heavy atom. The Morgan fingerprint density at radius 1 is 0.965 bits per heavy atom. The first-order chi connectivity index (χ1) is 40.9. The fourth-order valence-corrected chi connectivity index (χ4v) is 16.0. The Bertz CT molecular complexity index is 3750. The van der Waals surface area contributed by atoms with Crippen LogP contribution in [-0.2, 0) is 31.8 Å². The molecule has 3 amide bonds. The molecule has 4 saturated heterocycles. The van der Waals surface area contributed by atoms with E-state index in [0.29, 0.717) is 70.7 Å². The molecule has 2 saturated carbocycles. The number of nitrogens with one attached hydrogen (secondary N) is 4. The average molecular weight is 1230 g/mol. The summed E-state index contributed by atoms with van der Waals surface area (Å²) in [6.45, 7) is 10.9. The second kappa shape index (κ2) is 22.0. The van der Waals surface area contributed by atoms with Crippen LogP contribution in [0.1, 0.15) is 94.5 Å². The third kappa shape index (κ3) is 11.1. The van der Waals surface area contributed by atoms with E-state index in [1.54, 1.807) is 22.9 Å². The van der Waals surface area contributed by atoms with Gasteiger partial charge in [-0.3, -0.25) is 24.5 Å². The number of nitrogens with zero attached hydrogens (tertiary/aromatic N) is 8. The number of aromatic amines is 1. The second-order valence-corrected chi connectivity index (χ2v) is 27.8. The van der Waals surface area contributed by atoms with Crippen LogP contribution < -0.4 is 25.6 Å². The molecule has 2 unspecified atom stereocenters. The van der Waals surface area contributed by atoms with Crippen LogP contribution in [0.4, 0.5) is 27.8 Å². The van der Waals surface area contributed by atoms with Gasteiger partial charge in [0.1, 0.15) is 35.9 Å². The predicted octanol–water partition coefficient (Wildman–Crippen LogP) is 8.96. The largest absolute Gasteiger partial charge is 0.462 e. The van der Waals surface area contributed by atoms with Crippen molar-refractivity contribution in [1.29, 1.82) is 0 Å². The zero-order chi connectivity index (χ0) is 60.2. The van der Waals surface area contributed by atoms with E-state index in [-0.39, 0.29) is 97.5 Å². The minimum absolute atomic E-state index is 0.0219. The summed E-state index contributed by atoms with van der Waals surface area (Å²) in [5.74, 6) is -3.80. The standard InChI is InChI=1S/C61H69F5N12O6S2/c1-32-18-42-41(23-70-75-42)45(47(32)61(64,65)66)48-50-40(12-15-67-48)46-52(77-24-36-10-11-37(25-77)71-36)73-56(74-54(46)86-50)84-30-59(28-60(59,62)63)29-76-16-13-58(14-17-76)20-39(21-58)83-27-44(80)72-51(57(3,4)5)55(82)78-26-38(79)19-43(78)53(81)68-22-34-6-8-35(9-7-34)49-33(2)69-31-85-49/h6-9,12,15,18,23,31,36-39,43,51,71,79H,10-11,13-14,16-17,19-22,24-30H2,1-5H3,(H,68,81)(H,70,75)(H,72,80)/t36?,37?,38-,43+,51-,59+/m0/s1. The van der Waals surface area contributed by atoms with E-state index in [2.05, 4.69) is 45.9 Å².